The van der Waals surface area contributed by atoms with Crippen molar-refractivity contribution in [2.75, 3.05) is 31.1 Å². The third kappa shape index (κ3) is 10.9. The zero-order valence-corrected chi connectivity index (χ0v) is 29.2. The van der Waals surface area contributed by atoms with Gasteiger partial charge in [-0.05, 0) is 73.2 Å². The highest BCUT2D eigenvalue weighted by Crippen LogP contribution is 2.27. The Morgan fingerprint density at radius 3 is 2.65 bits per heavy atom. The van der Waals surface area contributed by atoms with Crippen LogP contribution < -0.4 is 10.2 Å². The van der Waals surface area contributed by atoms with Crippen molar-refractivity contribution in [3.05, 3.63) is 90.0 Å². The first kappa shape index (κ1) is 37.2. The van der Waals surface area contributed by atoms with Crippen molar-refractivity contribution in [1.82, 2.24) is 30.0 Å². The Labute approximate surface area is 297 Å². The molecule has 2 aliphatic rings. The molecule has 0 radical (unpaired) electrons. The number of amides is 2. The standard InChI is InChI=1S/C37H46FN7O6/c1-25-5-7-32(46)21-35(48)51-36(26(2)6-8-33(25)50-37(49)40-22-30-9-11-39-24-41-30)27(3)17-28-18-29(38)20-31(19-28)43-13-15-44(16-14-43)34(47)23-45-12-4-10-42-45/h4,6,8-12,17-20,24-26,32-33,36,46H,5,7,13-16,21-23H2,1-3H3,(H,40,49)/b8-6+,27-17+/t25-,26-,32+,33-,36-/m0/s1. The van der Waals surface area contributed by atoms with Gasteiger partial charge in [0.15, 0.2) is 0 Å². The van der Waals surface area contributed by atoms with Gasteiger partial charge in [0.25, 0.3) is 0 Å². The number of nitrogens with one attached hydrogen (secondary N) is 1. The van der Waals surface area contributed by atoms with E-state index in [2.05, 4.69) is 20.4 Å². The van der Waals surface area contributed by atoms with Crippen LogP contribution in [0.3, 0.4) is 0 Å². The molecule has 3 aromatic rings. The molecule has 4 heterocycles. The van der Waals surface area contributed by atoms with E-state index in [-0.39, 0.29) is 37.3 Å². The number of ether oxygens (including phenoxy) is 2. The van der Waals surface area contributed by atoms with Gasteiger partial charge in [-0.25, -0.2) is 19.2 Å². The summed E-state index contributed by atoms with van der Waals surface area (Å²) in [6, 6.07) is 8.24. The van der Waals surface area contributed by atoms with Gasteiger partial charge < -0.3 is 29.7 Å². The van der Waals surface area contributed by atoms with Crippen molar-refractivity contribution < 1.29 is 33.4 Å². The average molecular weight is 704 g/mol. The summed E-state index contributed by atoms with van der Waals surface area (Å²) >= 11 is 0. The van der Waals surface area contributed by atoms with Gasteiger partial charge in [-0.15, -0.1) is 0 Å². The minimum atomic E-state index is -0.928. The van der Waals surface area contributed by atoms with Crippen LogP contribution in [0.4, 0.5) is 14.9 Å². The number of piperazine rings is 1. The molecule has 0 saturated carbocycles. The number of carbonyl (C=O) groups excluding carboxylic acids is 3. The molecule has 13 nitrogen and oxygen atoms in total. The maximum atomic E-state index is 15.0. The maximum absolute atomic E-state index is 15.0. The van der Waals surface area contributed by atoms with Crippen LogP contribution in [0.5, 0.6) is 0 Å². The summed E-state index contributed by atoms with van der Waals surface area (Å²) in [5, 5.41) is 17.5. The van der Waals surface area contributed by atoms with Crippen molar-refractivity contribution in [3.8, 4) is 0 Å². The minimum absolute atomic E-state index is 0.0201. The van der Waals surface area contributed by atoms with Crippen molar-refractivity contribution in [1.29, 1.82) is 0 Å². The lowest BCUT2D eigenvalue weighted by Gasteiger charge is -2.36. The summed E-state index contributed by atoms with van der Waals surface area (Å²) < 4.78 is 28.3. The normalized spacial score (nSPS) is 24.1. The topological polar surface area (TPSA) is 152 Å². The van der Waals surface area contributed by atoms with Crippen molar-refractivity contribution in [2.45, 2.75) is 71.4 Å². The van der Waals surface area contributed by atoms with Crippen molar-refractivity contribution >= 4 is 29.7 Å². The molecule has 5 atom stereocenters. The molecule has 51 heavy (non-hydrogen) atoms. The summed E-state index contributed by atoms with van der Waals surface area (Å²) in [4.78, 5) is 50.3. The number of halogens is 1. The third-order valence-electron chi connectivity index (χ3n) is 9.16. The molecule has 1 fully saturated rings. The van der Waals surface area contributed by atoms with E-state index in [1.165, 1.54) is 18.5 Å². The second-order valence-electron chi connectivity index (χ2n) is 13.2. The minimum Gasteiger partial charge on any atom is -0.457 e. The molecule has 0 unspecified atom stereocenters. The number of hydrogen-bond acceptors (Lipinski definition) is 10. The highest BCUT2D eigenvalue weighted by molar-refractivity contribution is 5.76. The van der Waals surface area contributed by atoms with Crippen molar-refractivity contribution in [3.63, 3.8) is 0 Å². The van der Waals surface area contributed by atoms with Crippen LogP contribution in [0.25, 0.3) is 6.08 Å². The summed E-state index contributed by atoms with van der Waals surface area (Å²) in [6.07, 6.45) is 9.57. The van der Waals surface area contributed by atoms with E-state index in [1.54, 1.807) is 52.5 Å². The number of esters is 1. The fraction of sp³-hybridized carbons (Fsp3) is 0.459. The number of aromatic nitrogens is 4. The number of aliphatic hydroxyl groups is 1. The first-order valence-corrected chi connectivity index (χ1v) is 17.3. The zero-order chi connectivity index (χ0) is 36.3. The number of alkyl carbamates (subject to hydrolysis) is 1. The van der Waals surface area contributed by atoms with E-state index in [4.69, 9.17) is 9.47 Å². The Kier molecular flexibility index (Phi) is 12.9. The van der Waals surface area contributed by atoms with Gasteiger partial charge in [-0.2, -0.15) is 5.10 Å². The molecular weight excluding hydrogens is 657 g/mol. The molecule has 2 amide bonds. The second-order valence-corrected chi connectivity index (χ2v) is 13.2. The number of nitrogens with zero attached hydrogens (tertiary/aromatic N) is 6. The SMILES string of the molecule is C/C(=C\c1cc(F)cc(N2CCN(C(=O)Cn3cccn3)CC2)c1)[C@H]1OC(=O)C[C@H](O)CC[C@H](C)[C@@H](OC(=O)NCc2ccncn2)/C=C/[C@@H]1C. The molecule has 2 aromatic heterocycles. The van der Waals surface area contributed by atoms with Gasteiger partial charge in [0, 0.05) is 56.4 Å². The first-order chi connectivity index (χ1) is 24.5. The van der Waals surface area contributed by atoms with Crippen LogP contribution in [-0.2, 0) is 32.2 Å². The number of aliphatic hydroxyl groups excluding tert-OH is 1. The molecule has 0 aliphatic carbocycles. The van der Waals surface area contributed by atoms with Crippen LogP contribution in [0.1, 0.15) is 51.3 Å². The van der Waals surface area contributed by atoms with Gasteiger partial charge in [-0.1, -0.05) is 26.0 Å². The van der Waals surface area contributed by atoms with Gasteiger partial charge in [0.05, 0.1) is 24.8 Å². The number of cyclic esters (lactones) is 1. The maximum Gasteiger partial charge on any atom is 0.408 e. The summed E-state index contributed by atoms with van der Waals surface area (Å²) in [5.74, 6) is -1.48. The molecule has 272 valence electrons. The average Bonchev–Trinajstić information content (AvgIpc) is 3.63. The lowest BCUT2D eigenvalue weighted by molar-refractivity contribution is -0.151. The van der Waals surface area contributed by atoms with Gasteiger partial charge in [0.2, 0.25) is 5.91 Å². The van der Waals surface area contributed by atoms with E-state index in [9.17, 15) is 19.5 Å². The molecule has 5 rings (SSSR count). The van der Waals surface area contributed by atoms with Crippen molar-refractivity contribution in [2.24, 2.45) is 11.8 Å². The van der Waals surface area contributed by atoms with Gasteiger partial charge >= 0.3 is 12.1 Å². The molecule has 1 saturated heterocycles. The zero-order valence-electron chi connectivity index (χ0n) is 29.2. The summed E-state index contributed by atoms with van der Waals surface area (Å²) in [7, 11) is 0. The monoisotopic (exact) mass is 703 g/mol. The van der Waals surface area contributed by atoms with Crippen LogP contribution in [0.15, 0.2) is 73.0 Å². The fourth-order valence-corrected chi connectivity index (χ4v) is 6.25. The summed E-state index contributed by atoms with van der Waals surface area (Å²) in [5.41, 5.74) is 2.58. The first-order valence-electron chi connectivity index (χ1n) is 17.3. The second kappa shape index (κ2) is 17.7. The molecular formula is C37H46FN7O6. The largest absolute Gasteiger partial charge is 0.457 e. The van der Waals surface area contributed by atoms with E-state index >= 15 is 4.39 Å². The van der Waals surface area contributed by atoms with E-state index < -0.39 is 36.2 Å². The molecule has 1 aromatic carbocycles. The Morgan fingerprint density at radius 2 is 1.92 bits per heavy atom. The van der Waals surface area contributed by atoms with Crippen LogP contribution in [-0.4, -0.2) is 92.2 Å². The van der Waals surface area contributed by atoms with Gasteiger partial charge in [-0.3, -0.25) is 14.3 Å². The Morgan fingerprint density at radius 1 is 1.12 bits per heavy atom. The molecule has 14 heteroatoms. The highest BCUT2D eigenvalue weighted by Gasteiger charge is 2.28. The van der Waals surface area contributed by atoms with Crippen LogP contribution in [0, 0.1) is 17.7 Å². The predicted molar refractivity (Wildman–Crippen MR) is 187 cm³/mol. The predicted octanol–water partition coefficient (Wildman–Crippen LogP) is 4.14. The van der Waals surface area contributed by atoms with Crippen LogP contribution in [0.2, 0.25) is 0 Å². The van der Waals surface area contributed by atoms with E-state index in [0.717, 1.165) is 0 Å². The Hall–Kier alpha value is -5.11. The lowest BCUT2D eigenvalue weighted by Crippen LogP contribution is -2.49. The van der Waals surface area contributed by atoms with Gasteiger partial charge in [0.1, 0.15) is 30.9 Å². The van der Waals surface area contributed by atoms with E-state index in [0.29, 0.717) is 61.5 Å². The smallest absolute Gasteiger partial charge is 0.408 e. The van der Waals surface area contributed by atoms with Crippen LogP contribution >= 0.6 is 0 Å². The Bertz CT molecular complexity index is 1680. The lowest BCUT2D eigenvalue weighted by atomic mass is 9.91. The number of rotatable bonds is 8. The quantitative estimate of drug-likeness (QED) is 0.259. The van der Waals surface area contributed by atoms with E-state index in [1.807, 2.05) is 37.8 Å². The third-order valence-corrected chi connectivity index (χ3v) is 9.16. The molecule has 0 bridgehead atoms. The number of carbonyl (C=O) groups is 3. The Balaban J connectivity index is 1.28. The summed E-state index contributed by atoms with van der Waals surface area (Å²) in [6.45, 7) is 8.06. The number of hydrogen-bond donors (Lipinski definition) is 2. The number of benzene rings is 1. The molecule has 0 spiro atoms. The number of anilines is 1. The molecule has 2 aliphatic heterocycles. The highest BCUT2D eigenvalue weighted by atomic mass is 19.1. The molecule has 2 N–H and O–H groups in total. The fourth-order valence-electron chi connectivity index (χ4n) is 6.25.